The summed E-state index contributed by atoms with van der Waals surface area (Å²) in [5.41, 5.74) is 5.91. The SMILES string of the molecule is CCCCN(C(=O)CCC)c1c(N)n(Cc2ccccc2)c(=O)[nH]c1=O. The van der Waals surface area contributed by atoms with Gasteiger partial charge in [0.15, 0.2) is 5.69 Å². The van der Waals surface area contributed by atoms with Crippen molar-refractivity contribution in [3.8, 4) is 0 Å². The quantitative estimate of drug-likeness (QED) is 0.754. The number of amides is 1. The number of H-pyrrole nitrogens is 1. The third kappa shape index (κ3) is 4.41. The van der Waals surface area contributed by atoms with E-state index in [2.05, 4.69) is 4.98 Å². The second kappa shape index (κ2) is 9.03. The Morgan fingerprint density at radius 3 is 2.46 bits per heavy atom. The van der Waals surface area contributed by atoms with Gasteiger partial charge in [-0.1, -0.05) is 50.6 Å². The van der Waals surface area contributed by atoms with E-state index < -0.39 is 11.2 Å². The van der Waals surface area contributed by atoms with Crippen LogP contribution in [0, 0.1) is 0 Å². The highest BCUT2D eigenvalue weighted by atomic mass is 16.2. The van der Waals surface area contributed by atoms with Gasteiger partial charge in [0.05, 0.1) is 6.54 Å². The summed E-state index contributed by atoms with van der Waals surface area (Å²) in [4.78, 5) is 41.0. The third-order valence-corrected chi connectivity index (χ3v) is 4.17. The Balaban J connectivity index is 2.52. The molecule has 0 aliphatic heterocycles. The molecule has 0 atom stereocenters. The van der Waals surface area contributed by atoms with E-state index in [0.717, 1.165) is 18.4 Å². The zero-order chi connectivity index (χ0) is 19.1. The summed E-state index contributed by atoms with van der Waals surface area (Å²) >= 11 is 0. The van der Waals surface area contributed by atoms with Gasteiger partial charge in [0.25, 0.3) is 5.56 Å². The minimum Gasteiger partial charge on any atom is -0.383 e. The molecule has 0 saturated heterocycles. The first-order chi connectivity index (χ1) is 12.5. The first-order valence-electron chi connectivity index (χ1n) is 8.96. The zero-order valence-electron chi connectivity index (χ0n) is 15.3. The van der Waals surface area contributed by atoms with Crippen molar-refractivity contribution in [2.75, 3.05) is 17.2 Å². The summed E-state index contributed by atoms with van der Waals surface area (Å²) in [5.74, 6) is -0.147. The van der Waals surface area contributed by atoms with Gasteiger partial charge in [-0.05, 0) is 18.4 Å². The molecule has 7 nitrogen and oxygen atoms in total. The predicted octanol–water partition coefficient (Wildman–Crippen LogP) is 2.10. The Labute approximate surface area is 152 Å². The average molecular weight is 358 g/mol. The maximum Gasteiger partial charge on any atom is 0.330 e. The van der Waals surface area contributed by atoms with Crippen LogP contribution in [0.5, 0.6) is 0 Å². The number of aromatic nitrogens is 2. The van der Waals surface area contributed by atoms with E-state index in [0.29, 0.717) is 19.4 Å². The van der Waals surface area contributed by atoms with Crippen molar-refractivity contribution in [1.29, 1.82) is 0 Å². The monoisotopic (exact) mass is 358 g/mol. The second-order valence-electron chi connectivity index (χ2n) is 6.21. The van der Waals surface area contributed by atoms with Crippen molar-refractivity contribution in [2.45, 2.75) is 46.1 Å². The molecule has 1 amide bonds. The van der Waals surface area contributed by atoms with Crippen LogP contribution < -0.4 is 21.9 Å². The van der Waals surface area contributed by atoms with Gasteiger partial charge >= 0.3 is 5.69 Å². The minimum absolute atomic E-state index is 0.0168. The molecule has 3 N–H and O–H groups in total. The van der Waals surface area contributed by atoms with Gasteiger partial charge in [0.1, 0.15) is 5.82 Å². The van der Waals surface area contributed by atoms with Crippen molar-refractivity contribution < 1.29 is 4.79 Å². The number of nitrogens with two attached hydrogens (primary N) is 1. The lowest BCUT2D eigenvalue weighted by Gasteiger charge is -2.24. The number of anilines is 2. The second-order valence-corrected chi connectivity index (χ2v) is 6.21. The van der Waals surface area contributed by atoms with Crippen molar-refractivity contribution in [1.82, 2.24) is 9.55 Å². The van der Waals surface area contributed by atoms with Gasteiger partial charge in [0.2, 0.25) is 5.91 Å². The van der Waals surface area contributed by atoms with Crippen molar-refractivity contribution in [3.63, 3.8) is 0 Å². The van der Waals surface area contributed by atoms with E-state index >= 15 is 0 Å². The smallest absolute Gasteiger partial charge is 0.330 e. The van der Waals surface area contributed by atoms with Crippen molar-refractivity contribution >= 4 is 17.4 Å². The van der Waals surface area contributed by atoms with Gasteiger partial charge in [-0.3, -0.25) is 19.1 Å². The fourth-order valence-corrected chi connectivity index (χ4v) is 2.79. The normalized spacial score (nSPS) is 10.7. The molecule has 2 aromatic rings. The molecule has 26 heavy (non-hydrogen) atoms. The van der Waals surface area contributed by atoms with Crippen LogP contribution in [0.1, 0.15) is 45.1 Å². The van der Waals surface area contributed by atoms with Crippen LogP contribution in [-0.2, 0) is 11.3 Å². The number of aromatic amines is 1. The summed E-state index contributed by atoms with van der Waals surface area (Å²) in [7, 11) is 0. The molecule has 1 heterocycles. The van der Waals surface area contributed by atoms with Gasteiger partial charge in [-0.2, -0.15) is 0 Å². The Bertz CT molecular complexity index is 855. The minimum atomic E-state index is -0.627. The molecule has 0 fully saturated rings. The fraction of sp³-hybridized carbons (Fsp3) is 0.421. The van der Waals surface area contributed by atoms with Gasteiger partial charge < -0.3 is 10.6 Å². The molecule has 0 aliphatic carbocycles. The van der Waals surface area contributed by atoms with E-state index in [-0.39, 0.29) is 24.0 Å². The maximum atomic E-state index is 12.5. The molecular weight excluding hydrogens is 332 g/mol. The summed E-state index contributed by atoms with van der Waals surface area (Å²) in [5, 5.41) is 0. The standard InChI is InChI=1S/C19H26N4O3/c1-3-5-12-22(15(24)9-4-2)16-17(20)23(19(26)21-18(16)25)13-14-10-7-6-8-11-14/h6-8,10-11H,3-5,9,12-13,20H2,1-2H3,(H,21,25,26). The lowest BCUT2D eigenvalue weighted by molar-refractivity contribution is -0.118. The highest BCUT2D eigenvalue weighted by molar-refractivity contribution is 5.95. The largest absolute Gasteiger partial charge is 0.383 e. The summed E-state index contributed by atoms with van der Waals surface area (Å²) in [6.07, 6.45) is 2.60. The van der Waals surface area contributed by atoms with E-state index in [1.54, 1.807) is 0 Å². The van der Waals surface area contributed by atoms with E-state index in [1.807, 2.05) is 44.2 Å². The number of nitrogens with one attached hydrogen (secondary N) is 1. The van der Waals surface area contributed by atoms with E-state index in [9.17, 15) is 14.4 Å². The van der Waals surface area contributed by atoms with Crippen LogP contribution in [0.25, 0.3) is 0 Å². The molecule has 7 heteroatoms. The average Bonchev–Trinajstić information content (AvgIpc) is 2.62. The van der Waals surface area contributed by atoms with Crippen molar-refractivity contribution in [2.24, 2.45) is 0 Å². The molecule has 0 saturated carbocycles. The number of hydrogen-bond donors (Lipinski definition) is 2. The Morgan fingerprint density at radius 1 is 1.15 bits per heavy atom. The van der Waals surface area contributed by atoms with E-state index in [1.165, 1.54) is 9.47 Å². The van der Waals surface area contributed by atoms with Gasteiger partial charge in [-0.25, -0.2) is 4.79 Å². The van der Waals surface area contributed by atoms with Crippen LogP contribution in [0.2, 0.25) is 0 Å². The molecule has 1 aromatic heterocycles. The van der Waals surface area contributed by atoms with Crippen LogP contribution in [0.4, 0.5) is 11.5 Å². The number of nitrogen functional groups attached to an aromatic ring is 1. The molecule has 0 radical (unpaired) electrons. The van der Waals surface area contributed by atoms with E-state index in [4.69, 9.17) is 5.73 Å². The Kier molecular flexibility index (Phi) is 6.77. The number of hydrogen-bond acceptors (Lipinski definition) is 4. The number of carbonyl (C=O) groups is 1. The summed E-state index contributed by atoms with van der Waals surface area (Å²) < 4.78 is 1.30. The number of rotatable bonds is 8. The summed E-state index contributed by atoms with van der Waals surface area (Å²) in [6, 6.07) is 9.34. The Hall–Kier alpha value is -2.83. The number of carbonyl (C=O) groups excluding carboxylic acids is 1. The highest BCUT2D eigenvalue weighted by Gasteiger charge is 2.23. The lowest BCUT2D eigenvalue weighted by Crippen LogP contribution is -2.41. The van der Waals surface area contributed by atoms with Crippen LogP contribution in [0.3, 0.4) is 0 Å². The molecule has 0 bridgehead atoms. The molecule has 0 spiro atoms. The molecular formula is C19H26N4O3. The lowest BCUT2D eigenvalue weighted by atomic mass is 10.2. The summed E-state index contributed by atoms with van der Waals surface area (Å²) in [6.45, 7) is 4.53. The number of benzene rings is 1. The molecule has 140 valence electrons. The van der Waals surface area contributed by atoms with Gasteiger partial charge in [0, 0.05) is 13.0 Å². The van der Waals surface area contributed by atoms with Crippen LogP contribution in [0.15, 0.2) is 39.9 Å². The maximum absolute atomic E-state index is 12.5. The molecule has 1 aromatic carbocycles. The highest BCUT2D eigenvalue weighted by Crippen LogP contribution is 2.19. The first kappa shape index (κ1) is 19.5. The zero-order valence-corrected chi connectivity index (χ0v) is 15.3. The third-order valence-electron chi connectivity index (χ3n) is 4.17. The topological polar surface area (TPSA) is 101 Å². The van der Waals surface area contributed by atoms with Crippen molar-refractivity contribution in [3.05, 3.63) is 56.7 Å². The molecule has 2 rings (SSSR count). The molecule has 0 unspecified atom stereocenters. The fourth-order valence-electron chi connectivity index (χ4n) is 2.79. The predicted molar refractivity (Wildman–Crippen MR) is 103 cm³/mol. The Morgan fingerprint density at radius 2 is 1.85 bits per heavy atom. The first-order valence-corrected chi connectivity index (χ1v) is 8.96. The number of nitrogens with zero attached hydrogens (tertiary/aromatic N) is 2. The molecule has 0 aliphatic rings. The van der Waals surface area contributed by atoms with Crippen LogP contribution >= 0.6 is 0 Å². The van der Waals surface area contributed by atoms with Gasteiger partial charge in [-0.15, -0.1) is 0 Å². The number of unbranched alkanes of at least 4 members (excludes halogenated alkanes) is 1. The van der Waals surface area contributed by atoms with Crippen LogP contribution in [-0.4, -0.2) is 22.0 Å².